The topological polar surface area (TPSA) is 61.0 Å². The van der Waals surface area contributed by atoms with Crippen LogP contribution in [0.3, 0.4) is 0 Å². The van der Waals surface area contributed by atoms with Gasteiger partial charge < -0.3 is 10.5 Å². The number of aromatic nitrogens is 2. The van der Waals surface area contributed by atoms with Gasteiger partial charge in [0.2, 0.25) is 0 Å². The summed E-state index contributed by atoms with van der Waals surface area (Å²) in [5.41, 5.74) is 6.33. The second-order valence-corrected chi connectivity index (χ2v) is 4.52. The highest BCUT2D eigenvalue weighted by Gasteiger charge is 2.10. The molecule has 2 aromatic rings. The van der Waals surface area contributed by atoms with E-state index >= 15 is 0 Å². The van der Waals surface area contributed by atoms with Gasteiger partial charge in [-0.2, -0.15) is 0 Å². The van der Waals surface area contributed by atoms with E-state index in [0.717, 1.165) is 21.3 Å². The number of ether oxygens (including phenoxy) is 1. The molecule has 6 heteroatoms. The van der Waals surface area contributed by atoms with Gasteiger partial charge in [-0.3, -0.25) is 0 Å². The Morgan fingerprint density at radius 2 is 2.25 bits per heavy atom. The molecule has 84 valence electrons. The van der Waals surface area contributed by atoms with E-state index in [1.165, 1.54) is 11.3 Å². The zero-order valence-corrected chi connectivity index (χ0v) is 10.2. The molecule has 2 N–H and O–H groups in total. The first kappa shape index (κ1) is 11.3. The minimum atomic E-state index is 0.394. The Hall–Kier alpha value is -1.17. The van der Waals surface area contributed by atoms with Crippen molar-refractivity contribution in [1.82, 2.24) is 10.2 Å². The molecule has 16 heavy (non-hydrogen) atoms. The molecule has 0 bridgehead atoms. The van der Waals surface area contributed by atoms with Crippen LogP contribution in [0.25, 0.3) is 10.6 Å². The van der Waals surface area contributed by atoms with Gasteiger partial charge in [0.15, 0.2) is 0 Å². The molecular formula is C10H10ClN3OS. The zero-order chi connectivity index (χ0) is 11.5. The SMILES string of the molecule is COc1ccc(-c2nnc(CN)s2)c(Cl)c1. The van der Waals surface area contributed by atoms with Crippen molar-refractivity contribution >= 4 is 22.9 Å². The third-order valence-corrected chi connectivity index (χ3v) is 3.34. The van der Waals surface area contributed by atoms with Crippen LogP contribution in [0.4, 0.5) is 0 Å². The average Bonchev–Trinajstić information content (AvgIpc) is 2.77. The molecular weight excluding hydrogens is 246 g/mol. The van der Waals surface area contributed by atoms with Crippen LogP contribution >= 0.6 is 22.9 Å². The first-order valence-corrected chi connectivity index (χ1v) is 5.80. The van der Waals surface area contributed by atoms with Gasteiger partial charge in [0.25, 0.3) is 0 Å². The fourth-order valence-corrected chi connectivity index (χ4v) is 2.32. The van der Waals surface area contributed by atoms with Crippen LogP contribution < -0.4 is 10.5 Å². The van der Waals surface area contributed by atoms with Crippen molar-refractivity contribution in [2.24, 2.45) is 5.73 Å². The maximum Gasteiger partial charge on any atom is 0.149 e. The second-order valence-electron chi connectivity index (χ2n) is 3.05. The number of nitrogens with two attached hydrogens (primary N) is 1. The summed E-state index contributed by atoms with van der Waals surface area (Å²) in [5, 5.41) is 10.1. The molecule has 0 fully saturated rings. The van der Waals surface area contributed by atoms with E-state index < -0.39 is 0 Å². The summed E-state index contributed by atoms with van der Waals surface area (Å²) in [6, 6.07) is 5.45. The van der Waals surface area contributed by atoms with E-state index in [9.17, 15) is 0 Å². The van der Waals surface area contributed by atoms with Crippen LogP contribution in [-0.2, 0) is 6.54 Å². The number of methoxy groups -OCH3 is 1. The van der Waals surface area contributed by atoms with Gasteiger partial charge in [0.1, 0.15) is 15.8 Å². The molecule has 1 heterocycles. The third-order valence-electron chi connectivity index (χ3n) is 2.05. The number of nitrogens with zero attached hydrogens (tertiary/aromatic N) is 2. The monoisotopic (exact) mass is 255 g/mol. The molecule has 0 unspecified atom stereocenters. The number of rotatable bonds is 3. The smallest absolute Gasteiger partial charge is 0.149 e. The summed E-state index contributed by atoms with van der Waals surface area (Å²) >= 11 is 7.56. The fourth-order valence-electron chi connectivity index (χ4n) is 1.24. The molecule has 1 aromatic carbocycles. The van der Waals surface area contributed by atoms with Gasteiger partial charge in [-0.15, -0.1) is 10.2 Å². The molecule has 1 aromatic heterocycles. The summed E-state index contributed by atoms with van der Waals surface area (Å²) < 4.78 is 5.08. The van der Waals surface area contributed by atoms with Crippen LogP contribution in [0, 0.1) is 0 Å². The number of benzene rings is 1. The Morgan fingerprint density at radius 1 is 1.44 bits per heavy atom. The summed E-state index contributed by atoms with van der Waals surface area (Å²) in [4.78, 5) is 0. The van der Waals surface area contributed by atoms with Gasteiger partial charge in [-0.05, 0) is 18.2 Å². The van der Waals surface area contributed by atoms with Crippen molar-refractivity contribution in [3.63, 3.8) is 0 Å². The molecule has 0 aliphatic heterocycles. The standard InChI is InChI=1S/C10H10ClN3OS/c1-15-6-2-3-7(8(11)4-6)10-14-13-9(5-12)16-10/h2-4H,5,12H2,1H3. The van der Waals surface area contributed by atoms with Crippen LogP contribution in [-0.4, -0.2) is 17.3 Å². The lowest BCUT2D eigenvalue weighted by molar-refractivity contribution is 0.415. The summed E-state index contributed by atoms with van der Waals surface area (Å²) in [5.74, 6) is 0.720. The largest absolute Gasteiger partial charge is 0.497 e. The molecule has 0 aliphatic rings. The zero-order valence-electron chi connectivity index (χ0n) is 8.61. The summed E-state index contributed by atoms with van der Waals surface area (Å²) in [6.07, 6.45) is 0. The average molecular weight is 256 g/mol. The first-order chi connectivity index (χ1) is 7.74. The first-order valence-electron chi connectivity index (χ1n) is 4.61. The highest BCUT2D eigenvalue weighted by molar-refractivity contribution is 7.14. The maximum atomic E-state index is 6.12. The quantitative estimate of drug-likeness (QED) is 0.914. The number of halogens is 1. The van der Waals surface area contributed by atoms with Crippen molar-refractivity contribution in [3.8, 4) is 16.3 Å². The lowest BCUT2D eigenvalue weighted by Crippen LogP contribution is -1.94. The van der Waals surface area contributed by atoms with Crippen molar-refractivity contribution in [2.45, 2.75) is 6.54 Å². The minimum absolute atomic E-state index is 0.394. The molecule has 2 rings (SSSR count). The molecule has 0 saturated carbocycles. The van der Waals surface area contributed by atoms with E-state index in [1.807, 2.05) is 12.1 Å². The Morgan fingerprint density at radius 3 is 2.81 bits per heavy atom. The van der Waals surface area contributed by atoms with Gasteiger partial charge in [-0.1, -0.05) is 22.9 Å². The van der Waals surface area contributed by atoms with Crippen LogP contribution in [0.2, 0.25) is 5.02 Å². The van der Waals surface area contributed by atoms with Crippen molar-refractivity contribution in [1.29, 1.82) is 0 Å². The molecule has 0 saturated heterocycles. The molecule has 0 aliphatic carbocycles. The normalized spacial score (nSPS) is 10.4. The van der Waals surface area contributed by atoms with Crippen molar-refractivity contribution in [2.75, 3.05) is 7.11 Å². The molecule has 0 radical (unpaired) electrons. The fraction of sp³-hybridized carbons (Fsp3) is 0.200. The molecule has 4 nitrogen and oxygen atoms in total. The highest BCUT2D eigenvalue weighted by atomic mass is 35.5. The highest BCUT2D eigenvalue weighted by Crippen LogP contribution is 2.32. The third kappa shape index (κ3) is 2.16. The molecule has 0 amide bonds. The maximum absolute atomic E-state index is 6.12. The van der Waals surface area contributed by atoms with Gasteiger partial charge in [-0.25, -0.2) is 0 Å². The van der Waals surface area contributed by atoms with Gasteiger partial charge in [0.05, 0.1) is 12.1 Å². The van der Waals surface area contributed by atoms with Crippen molar-refractivity contribution in [3.05, 3.63) is 28.2 Å². The van der Waals surface area contributed by atoms with E-state index in [2.05, 4.69) is 10.2 Å². The van der Waals surface area contributed by atoms with Crippen molar-refractivity contribution < 1.29 is 4.74 Å². The Balaban J connectivity index is 2.40. The van der Waals surface area contributed by atoms with Gasteiger partial charge in [0, 0.05) is 12.1 Å². The Bertz CT molecular complexity index is 501. The van der Waals surface area contributed by atoms with Crippen LogP contribution in [0.15, 0.2) is 18.2 Å². The predicted octanol–water partition coefficient (Wildman–Crippen LogP) is 2.33. The number of hydrogen-bond donors (Lipinski definition) is 1. The molecule has 0 spiro atoms. The lowest BCUT2D eigenvalue weighted by Gasteiger charge is -2.03. The Kier molecular flexibility index (Phi) is 3.38. The van der Waals surface area contributed by atoms with E-state index in [1.54, 1.807) is 13.2 Å². The van der Waals surface area contributed by atoms with E-state index in [4.69, 9.17) is 22.1 Å². The van der Waals surface area contributed by atoms with E-state index in [0.29, 0.717) is 11.6 Å². The van der Waals surface area contributed by atoms with Crippen LogP contribution in [0.1, 0.15) is 5.01 Å². The molecule has 0 atom stereocenters. The van der Waals surface area contributed by atoms with E-state index in [-0.39, 0.29) is 0 Å². The Labute approximate surface area is 102 Å². The van der Waals surface area contributed by atoms with Gasteiger partial charge >= 0.3 is 0 Å². The van der Waals surface area contributed by atoms with Crippen LogP contribution in [0.5, 0.6) is 5.75 Å². The second kappa shape index (κ2) is 4.78. The number of hydrogen-bond acceptors (Lipinski definition) is 5. The predicted molar refractivity (Wildman–Crippen MR) is 64.8 cm³/mol. The minimum Gasteiger partial charge on any atom is -0.497 e. The summed E-state index contributed by atoms with van der Waals surface area (Å²) in [7, 11) is 1.60. The summed E-state index contributed by atoms with van der Waals surface area (Å²) in [6.45, 7) is 0.394. The lowest BCUT2D eigenvalue weighted by atomic mass is 10.2.